The molecule has 2 amide bonds. The lowest BCUT2D eigenvalue weighted by Crippen LogP contribution is -2.42. The van der Waals surface area contributed by atoms with Crippen molar-refractivity contribution in [3.05, 3.63) is 12.0 Å². The van der Waals surface area contributed by atoms with Gasteiger partial charge in [-0.15, -0.1) is 0 Å². The highest BCUT2D eigenvalue weighted by Crippen LogP contribution is 2.33. The van der Waals surface area contributed by atoms with Gasteiger partial charge < -0.3 is 25.6 Å². The molecule has 1 aromatic heterocycles. The van der Waals surface area contributed by atoms with Gasteiger partial charge in [0.2, 0.25) is 0 Å². The van der Waals surface area contributed by atoms with Crippen LogP contribution in [0, 0.1) is 0 Å². The number of ketones is 1. The van der Waals surface area contributed by atoms with Crippen molar-refractivity contribution in [1.29, 1.82) is 0 Å². The van der Waals surface area contributed by atoms with E-state index in [1.54, 1.807) is 0 Å². The maximum atomic E-state index is 11.5. The van der Waals surface area contributed by atoms with Crippen molar-refractivity contribution in [3.8, 4) is 0 Å². The van der Waals surface area contributed by atoms with Crippen molar-refractivity contribution in [3.63, 3.8) is 0 Å². The molecule has 4 atom stereocenters. The van der Waals surface area contributed by atoms with Gasteiger partial charge in [0.25, 0.3) is 0 Å². The van der Waals surface area contributed by atoms with E-state index in [0.717, 1.165) is 0 Å². The molecule has 23 heavy (non-hydrogen) atoms. The summed E-state index contributed by atoms with van der Waals surface area (Å²) in [6.45, 7) is 4.72. The SMILES string of the molecule is C=Nc1c(C(C)=O)ncn1[C@@H]1O[C@H](CNC(=O)NC)[C@H](O)C1O. The quantitative estimate of drug-likeness (QED) is 0.403. The van der Waals surface area contributed by atoms with Gasteiger partial charge >= 0.3 is 6.03 Å². The molecule has 126 valence electrons. The standard InChI is InChI=1S/C13H19N5O5/c1-6(19)8-11(14-2)18(5-17-8)12-10(21)9(20)7(23-12)4-16-13(22)15-3/h5,7,9-10,12,20-21H,2,4H2,1,3H3,(H2,15,16,22)/t7-,9+,10?,12-/m1/s1. The lowest BCUT2D eigenvalue weighted by atomic mass is 10.1. The Labute approximate surface area is 132 Å². The monoisotopic (exact) mass is 325 g/mol. The maximum Gasteiger partial charge on any atom is 0.314 e. The van der Waals surface area contributed by atoms with Gasteiger partial charge in [-0.25, -0.2) is 14.8 Å². The number of carbonyl (C=O) groups excluding carboxylic acids is 2. The molecule has 10 nitrogen and oxygen atoms in total. The van der Waals surface area contributed by atoms with Crippen LogP contribution in [0.1, 0.15) is 23.6 Å². The molecule has 2 heterocycles. The van der Waals surface area contributed by atoms with E-state index in [0.29, 0.717) is 0 Å². The minimum atomic E-state index is -1.28. The van der Waals surface area contributed by atoms with Gasteiger partial charge in [-0.2, -0.15) is 0 Å². The van der Waals surface area contributed by atoms with Crippen LogP contribution in [-0.4, -0.2) is 70.2 Å². The molecule has 0 aromatic carbocycles. The number of hydrogen-bond acceptors (Lipinski definition) is 7. The molecule has 0 radical (unpaired) electrons. The Morgan fingerprint density at radius 1 is 1.48 bits per heavy atom. The summed E-state index contributed by atoms with van der Waals surface area (Å²) in [5, 5.41) is 25.1. The van der Waals surface area contributed by atoms with E-state index in [-0.39, 0.29) is 23.8 Å². The van der Waals surface area contributed by atoms with Gasteiger partial charge in [-0.05, 0) is 6.72 Å². The Bertz CT molecular complexity index is 616. The topological polar surface area (TPSA) is 138 Å². The number of amides is 2. The number of hydrogen-bond donors (Lipinski definition) is 4. The molecule has 0 spiro atoms. The number of aliphatic hydroxyl groups excluding tert-OH is 2. The van der Waals surface area contributed by atoms with E-state index in [2.05, 4.69) is 27.3 Å². The number of nitrogens with one attached hydrogen (secondary N) is 2. The Kier molecular flexibility index (Phi) is 5.08. The first kappa shape index (κ1) is 17.1. The summed E-state index contributed by atoms with van der Waals surface area (Å²) < 4.78 is 6.91. The van der Waals surface area contributed by atoms with E-state index in [1.807, 2.05) is 0 Å². The molecule has 1 aliphatic rings. The summed E-state index contributed by atoms with van der Waals surface area (Å²) >= 11 is 0. The van der Waals surface area contributed by atoms with Crippen LogP contribution in [-0.2, 0) is 4.74 Å². The largest absolute Gasteiger partial charge is 0.387 e. The number of nitrogens with zero attached hydrogens (tertiary/aromatic N) is 3. The van der Waals surface area contributed by atoms with Crippen molar-refractivity contribution < 1.29 is 24.5 Å². The van der Waals surface area contributed by atoms with Crippen LogP contribution in [0.2, 0.25) is 0 Å². The zero-order valence-corrected chi connectivity index (χ0v) is 12.8. The highest BCUT2D eigenvalue weighted by atomic mass is 16.6. The number of Topliss-reactive ketones (excluding diaryl/α,β-unsaturated/α-hetero) is 1. The summed E-state index contributed by atoms with van der Waals surface area (Å²) in [4.78, 5) is 30.4. The molecule has 0 bridgehead atoms. The van der Waals surface area contributed by atoms with Crippen LogP contribution < -0.4 is 10.6 Å². The highest BCUT2D eigenvalue weighted by molar-refractivity contribution is 5.96. The summed E-state index contributed by atoms with van der Waals surface area (Å²) in [6.07, 6.45) is -3.04. The van der Waals surface area contributed by atoms with Crippen LogP contribution >= 0.6 is 0 Å². The third kappa shape index (κ3) is 3.23. The van der Waals surface area contributed by atoms with Crippen LogP contribution in [0.25, 0.3) is 0 Å². The number of rotatable bonds is 5. The number of aliphatic hydroxyl groups is 2. The predicted molar refractivity (Wildman–Crippen MR) is 79.8 cm³/mol. The maximum absolute atomic E-state index is 11.5. The smallest absolute Gasteiger partial charge is 0.314 e. The first-order valence-corrected chi connectivity index (χ1v) is 6.92. The van der Waals surface area contributed by atoms with Gasteiger partial charge in [0, 0.05) is 20.5 Å². The van der Waals surface area contributed by atoms with E-state index < -0.39 is 30.6 Å². The predicted octanol–water partition coefficient (Wildman–Crippen LogP) is -1.03. The number of aromatic nitrogens is 2. The summed E-state index contributed by atoms with van der Waals surface area (Å²) in [5.74, 6) is -0.161. The molecule has 1 unspecified atom stereocenters. The summed E-state index contributed by atoms with van der Waals surface area (Å²) in [5.41, 5.74) is 0.0947. The van der Waals surface area contributed by atoms with Gasteiger partial charge in [-0.3, -0.25) is 9.36 Å². The number of imidazole rings is 1. The second kappa shape index (κ2) is 6.86. The van der Waals surface area contributed by atoms with Crippen LogP contribution in [0.3, 0.4) is 0 Å². The fourth-order valence-electron chi connectivity index (χ4n) is 2.36. The first-order valence-electron chi connectivity index (χ1n) is 6.92. The minimum Gasteiger partial charge on any atom is -0.387 e. The molecule has 1 saturated heterocycles. The molecular formula is C13H19N5O5. The van der Waals surface area contributed by atoms with Crippen molar-refractivity contribution in [2.75, 3.05) is 13.6 Å². The molecule has 4 N–H and O–H groups in total. The zero-order chi connectivity index (χ0) is 17.1. The summed E-state index contributed by atoms with van der Waals surface area (Å²) in [6, 6.07) is -0.436. The average Bonchev–Trinajstić information content (AvgIpc) is 3.07. The van der Waals surface area contributed by atoms with Crippen molar-refractivity contribution in [1.82, 2.24) is 20.2 Å². The lowest BCUT2D eigenvalue weighted by Gasteiger charge is -2.17. The second-order valence-electron chi connectivity index (χ2n) is 5.04. The van der Waals surface area contributed by atoms with E-state index in [4.69, 9.17) is 4.74 Å². The molecule has 1 aliphatic heterocycles. The number of ether oxygens (including phenoxy) is 1. The third-order valence-electron chi connectivity index (χ3n) is 3.55. The molecular weight excluding hydrogens is 306 g/mol. The Morgan fingerprint density at radius 2 is 2.17 bits per heavy atom. The van der Waals surface area contributed by atoms with Gasteiger partial charge in [-0.1, -0.05) is 0 Å². The van der Waals surface area contributed by atoms with E-state index in [1.165, 1.54) is 24.9 Å². The van der Waals surface area contributed by atoms with Gasteiger partial charge in [0.05, 0.1) is 6.33 Å². The molecule has 1 aromatic rings. The Morgan fingerprint density at radius 3 is 2.74 bits per heavy atom. The van der Waals surface area contributed by atoms with Crippen LogP contribution in [0.5, 0.6) is 0 Å². The van der Waals surface area contributed by atoms with Crippen molar-refractivity contribution >= 4 is 24.3 Å². The van der Waals surface area contributed by atoms with E-state index >= 15 is 0 Å². The fraction of sp³-hybridized carbons (Fsp3) is 0.538. The first-order chi connectivity index (χ1) is 10.9. The fourth-order valence-corrected chi connectivity index (χ4v) is 2.36. The molecule has 10 heteroatoms. The Hall–Kier alpha value is -2.30. The normalized spacial score (nSPS) is 26.8. The minimum absolute atomic E-state index is 0.000482. The van der Waals surface area contributed by atoms with Crippen molar-refractivity contribution in [2.24, 2.45) is 4.99 Å². The third-order valence-corrected chi connectivity index (χ3v) is 3.55. The lowest BCUT2D eigenvalue weighted by molar-refractivity contribution is -0.0346. The molecule has 1 fully saturated rings. The van der Waals surface area contributed by atoms with Gasteiger partial charge in [0.15, 0.2) is 23.5 Å². The number of carbonyl (C=O) groups is 2. The van der Waals surface area contributed by atoms with E-state index in [9.17, 15) is 19.8 Å². The van der Waals surface area contributed by atoms with Crippen LogP contribution in [0.4, 0.5) is 10.6 Å². The highest BCUT2D eigenvalue weighted by Gasteiger charge is 2.44. The second-order valence-corrected chi connectivity index (χ2v) is 5.04. The zero-order valence-electron chi connectivity index (χ0n) is 12.8. The molecule has 2 rings (SSSR count). The summed E-state index contributed by atoms with van der Waals surface area (Å²) in [7, 11) is 1.45. The molecule has 0 saturated carbocycles. The number of urea groups is 1. The van der Waals surface area contributed by atoms with Crippen LogP contribution in [0.15, 0.2) is 11.3 Å². The molecule has 0 aliphatic carbocycles. The average molecular weight is 325 g/mol. The van der Waals surface area contributed by atoms with Crippen molar-refractivity contribution in [2.45, 2.75) is 31.5 Å². The Balaban J connectivity index is 2.19. The van der Waals surface area contributed by atoms with Gasteiger partial charge in [0.1, 0.15) is 18.3 Å². The number of aliphatic imine (C=N–C) groups is 1.